The molecule has 0 aliphatic carbocycles. The summed E-state index contributed by atoms with van der Waals surface area (Å²) in [4.78, 5) is 17.9. The molecule has 1 aliphatic rings. The highest BCUT2D eigenvalue weighted by molar-refractivity contribution is 5.67. The fourth-order valence-electron chi connectivity index (χ4n) is 3.51. The molecule has 1 aromatic carbocycles. The van der Waals surface area contributed by atoms with Gasteiger partial charge in [0.1, 0.15) is 5.82 Å². The van der Waals surface area contributed by atoms with E-state index in [0.717, 1.165) is 48.4 Å². The van der Waals surface area contributed by atoms with Crippen molar-refractivity contribution >= 4 is 5.97 Å². The number of rotatable bonds is 6. The first kappa shape index (κ1) is 17.5. The van der Waals surface area contributed by atoms with Crippen LogP contribution >= 0.6 is 0 Å². The quantitative estimate of drug-likeness (QED) is 0.865. The van der Waals surface area contributed by atoms with Crippen LogP contribution in [0.5, 0.6) is 0 Å². The molecule has 1 fully saturated rings. The third-order valence-corrected chi connectivity index (χ3v) is 4.66. The first-order valence-corrected chi connectivity index (χ1v) is 8.69. The van der Waals surface area contributed by atoms with Crippen LogP contribution in [0.15, 0.2) is 36.4 Å². The average molecular weight is 342 g/mol. The Morgan fingerprint density at radius 2 is 2.04 bits per heavy atom. The molecule has 4 nitrogen and oxygen atoms in total. The van der Waals surface area contributed by atoms with Crippen molar-refractivity contribution in [3.05, 3.63) is 64.7 Å². The summed E-state index contributed by atoms with van der Waals surface area (Å²) in [5.74, 6) is -1.00. The number of likely N-dealkylation sites (tertiary alicyclic amines) is 1. The number of aliphatic carboxylic acids is 1. The van der Waals surface area contributed by atoms with Crippen LogP contribution in [0.4, 0.5) is 4.39 Å². The zero-order valence-electron chi connectivity index (χ0n) is 14.4. The van der Waals surface area contributed by atoms with Crippen LogP contribution in [-0.4, -0.2) is 27.5 Å². The lowest BCUT2D eigenvalue weighted by Crippen LogP contribution is -2.23. The Balaban J connectivity index is 1.77. The van der Waals surface area contributed by atoms with Crippen molar-refractivity contribution in [2.24, 2.45) is 0 Å². The van der Waals surface area contributed by atoms with Gasteiger partial charge in [-0.3, -0.25) is 14.7 Å². The van der Waals surface area contributed by atoms with Gasteiger partial charge in [-0.05, 0) is 68.1 Å². The monoisotopic (exact) mass is 342 g/mol. The Morgan fingerprint density at radius 3 is 2.76 bits per heavy atom. The topological polar surface area (TPSA) is 53.4 Å². The third kappa shape index (κ3) is 4.63. The predicted molar refractivity (Wildman–Crippen MR) is 93.7 cm³/mol. The minimum absolute atomic E-state index is 0.132. The number of carbonyl (C=O) groups is 1. The van der Waals surface area contributed by atoms with Gasteiger partial charge in [0.05, 0.1) is 11.7 Å². The van der Waals surface area contributed by atoms with E-state index >= 15 is 0 Å². The van der Waals surface area contributed by atoms with Crippen molar-refractivity contribution in [1.29, 1.82) is 0 Å². The fraction of sp³-hybridized carbons (Fsp3) is 0.400. The van der Waals surface area contributed by atoms with Crippen molar-refractivity contribution in [3.8, 4) is 0 Å². The van der Waals surface area contributed by atoms with Crippen LogP contribution in [0.25, 0.3) is 0 Å². The molecule has 2 heterocycles. The van der Waals surface area contributed by atoms with Crippen LogP contribution in [0.2, 0.25) is 0 Å². The van der Waals surface area contributed by atoms with Crippen LogP contribution < -0.4 is 0 Å². The van der Waals surface area contributed by atoms with E-state index in [1.165, 1.54) is 12.1 Å². The zero-order valence-corrected chi connectivity index (χ0v) is 14.4. The molecule has 1 atom stereocenters. The maximum absolute atomic E-state index is 13.1. The Hall–Kier alpha value is -2.27. The summed E-state index contributed by atoms with van der Waals surface area (Å²) in [6, 6.07) is 10.9. The lowest BCUT2D eigenvalue weighted by atomic mass is 10.0. The lowest BCUT2D eigenvalue weighted by molar-refractivity contribution is -0.136. The van der Waals surface area contributed by atoms with Gasteiger partial charge in [0.2, 0.25) is 0 Å². The summed E-state index contributed by atoms with van der Waals surface area (Å²) < 4.78 is 13.1. The Bertz CT molecular complexity index is 746. The second kappa shape index (κ2) is 7.74. The summed E-state index contributed by atoms with van der Waals surface area (Å²) in [7, 11) is 0. The number of hydrogen-bond acceptors (Lipinski definition) is 3. The highest BCUT2D eigenvalue weighted by Gasteiger charge is 2.27. The molecular weight excluding hydrogens is 319 g/mol. The summed E-state index contributed by atoms with van der Waals surface area (Å²) in [5, 5.41) is 8.90. The van der Waals surface area contributed by atoms with Gasteiger partial charge in [0.15, 0.2) is 0 Å². The molecule has 0 radical (unpaired) electrons. The molecular formula is C20H23FN2O2. The van der Waals surface area contributed by atoms with Gasteiger partial charge in [-0.2, -0.15) is 0 Å². The van der Waals surface area contributed by atoms with Crippen LogP contribution in [-0.2, 0) is 17.8 Å². The molecule has 0 unspecified atom stereocenters. The molecule has 1 N–H and O–H groups in total. The minimum Gasteiger partial charge on any atom is -0.481 e. The maximum atomic E-state index is 13.1. The van der Waals surface area contributed by atoms with E-state index in [2.05, 4.69) is 4.90 Å². The fourth-order valence-corrected chi connectivity index (χ4v) is 3.51. The normalized spacial score (nSPS) is 17.8. The van der Waals surface area contributed by atoms with Crippen molar-refractivity contribution in [2.75, 3.05) is 6.54 Å². The molecule has 5 heteroatoms. The number of pyridine rings is 1. The van der Waals surface area contributed by atoms with Gasteiger partial charge in [-0.1, -0.05) is 12.1 Å². The summed E-state index contributed by atoms with van der Waals surface area (Å²) >= 11 is 0. The van der Waals surface area contributed by atoms with Gasteiger partial charge in [0.25, 0.3) is 0 Å². The zero-order chi connectivity index (χ0) is 17.8. The average Bonchev–Trinajstić information content (AvgIpc) is 3.03. The molecule has 0 bridgehead atoms. The van der Waals surface area contributed by atoms with Crippen LogP contribution in [0, 0.1) is 12.7 Å². The van der Waals surface area contributed by atoms with Crippen molar-refractivity contribution in [2.45, 2.75) is 45.2 Å². The van der Waals surface area contributed by atoms with E-state index in [4.69, 9.17) is 10.1 Å². The van der Waals surface area contributed by atoms with Gasteiger partial charge in [-0.25, -0.2) is 4.39 Å². The molecule has 25 heavy (non-hydrogen) atoms. The number of aromatic nitrogens is 1. The van der Waals surface area contributed by atoms with Crippen LogP contribution in [0.1, 0.15) is 47.8 Å². The Labute approximate surface area is 147 Å². The molecule has 0 spiro atoms. The van der Waals surface area contributed by atoms with Crippen LogP contribution in [0.3, 0.4) is 0 Å². The first-order chi connectivity index (χ1) is 12.0. The van der Waals surface area contributed by atoms with Crippen molar-refractivity contribution in [1.82, 2.24) is 9.88 Å². The SMILES string of the molecule is Cc1cc(CCC(=O)O)cc([C@@H]2CCCN2Cc2ccc(F)cc2)n1. The van der Waals surface area contributed by atoms with Crippen molar-refractivity contribution < 1.29 is 14.3 Å². The van der Waals surface area contributed by atoms with E-state index in [1.807, 2.05) is 31.2 Å². The number of aryl methyl sites for hydroxylation is 2. The second-order valence-corrected chi connectivity index (χ2v) is 6.69. The molecule has 2 aromatic rings. The lowest BCUT2D eigenvalue weighted by Gasteiger charge is -2.25. The molecule has 1 aliphatic heterocycles. The number of nitrogens with zero attached hydrogens (tertiary/aromatic N) is 2. The smallest absolute Gasteiger partial charge is 0.303 e. The summed E-state index contributed by atoms with van der Waals surface area (Å²) in [6.07, 6.45) is 2.80. The molecule has 132 valence electrons. The molecule has 1 saturated heterocycles. The first-order valence-electron chi connectivity index (χ1n) is 8.69. The number of carboxylic acid groups (broad SMARTS) is 1. The predicted octanol–water partition coefficient (Wildman–Crippen LogP) is 3.88. The Morgan fingerprint density at radius 1 is 1.28 bits per heavy atom. The van der Waals surface area contributed by atoms with E-state index in [9.17, 15) is 9.18 Å². The summed E-state index contributed by atoms with van der Waals surface area (Å²) in [5.41, 5.74) is 4.05. The number of benzene rings is 1. The molecule has 0 amide bonds. The highest BCUT2D eigenvalue weighted by Crippen LogP contribution is 2.33. The number of halogens is 1. The number of hydrogen-bond donors (Lipinski definition) is 1. The van der Waals surface area contributed by atoms with E-state index in [0.29, 0.717) is 6.42 Å². The second-order valence-electron chi connectivity index (χ2n) is 6.69. The highest BCUT2D eigenvalue weighted by atomic mass is 19.1. The van der Waals surface area contributed by atoms with E-state index in [1.54, 1.807) is 0 Å². The minimum atomic E-state index is -0.783. The van der Waals surface area contributed by atoms with Gasteiger partial charge >= 0.3 is 5.97 Å². The van der Waals surface area contributed by atoms with Gasteiger partial charge < -0.3 is 5.11 Å². The molecule has 3 rings (SSSR count). The largest absolute Gasteiger partial charge is 0.481 e. The molecule has 0 saturated carbocycles. The molecule has 1 aromatic heterocycles. The van der Waals surface area contributed by atoms with Gasteiger partial charge in [0, 0.05) is 18.7 Å². The summed E-state index contributed by atoms with van der Waals surface area (Å²) in [6.45, 7) is 3.71. The third-order valence-electron chi connectivity index (χ3n) is 4.66. The standard InChI is InChI=1S/C20H23FN2O2/c1-14-11-16(6-9-20(24)25)12-18(22-14)19-3-2-10-23(19)13-15-4-7-17(21)8-5-15/h4-5,7-8,11-12,19H,2-3,6,9-10,13H2,1H3,(H,24,25)/t19-/m0/s1. The van der Waals surface area contributed by atoms with E-state index < -0.39 is 5.97 Å². The maximum Gasteiger partial charge on any atom is 0.303 e. The van der Waals surface area contributed by atoms with Gasteiger partial charge in [-0.15, -0.1) is 0 Å². The Kier molecular flexibility index (Phi) is 5.43. The van der Waals surface area contributed by atoms with E-state index in [-0.39, 0.29) is 18.3 Å². The number of carboxylic acids is 1. The van der Waals surface area contributed by atoms with Crippen molar-refractivity contribution in [3.63, 3.8) is 0 Å².